The van der Waals surface area contributed by atoms with Crippen molar-refractivity contribution >= 4 is 23.4 Å². The fourth-order valence-corrected chi connectivity index (χ4v) is 3.64. The number of para-hydroxylation sites is 1. The number of carbonyl (C=O) groups is 1. The molecule has 1 aliphatic rings. The number of hydrogen-bond donors (Lipinski definition) is 0. The van der Waals surface area contributed by atoms with Crippen molar-refractivity contribution in [3.63, 3.8) is 0 Å². The number of hydrogen-bond acceptors (Lipinski definition) is 3. The van der Waals surface area contributed by atoms with Crippen molar-refractivity contribution in [3.05, 3.63) is 60.2 Å². The highest BCUT2D eigenvalue weighted by Gasteiger charge is 2.20. The van der Waals surface area contributed by atoms with Crippen molar-refractivity contribution in [3.8, 4) is 0 Å². The minimum Gasteiger partial charge on any atom is -0.376 e. The molecule has 0 unspecified atom stereocenters. The summed E-state index contributed by atoms with van der Waals surface area (Å²) in [6, 6.07) is 18.2. The topological polar surface area (TPSA) is 29.5 Å². The van der Waals surface area contributed by atoms with Crippen LogP contribution in [0.3, 0.4) is 0 Å². The van der Waals surface area contributed by atoms with E-state index in [9.17, 15) is 4.79 Å². The number of ether oxygens (including phenoxy) is 1. The van der Waals surface area contributed by atoms with Crippen LogP contribution in [-0.4, -0.2) is 24.8 Å². The van der Waals surface area contributed by atoms with E-state index in [0.29, 0.717) is 19.6 Å². The molecule has 0 aliphatic carbocycles. The van der Waals surface area contributed by atoms with E-state index in [2.05, 4.69) is 6.07 Å². The quantitative estimate of drug-likeness (QED) is 0.774. The van der Waals surface area contributed by atoms with Crippen molar-refractivity contribution < 1.29 is 9.53 Å². The van der Waals surface area contributed by atoms with Gasteiger partial charge in [-0.2, -0.15) is 0 Å². The summed E-state index contributed by atoms with van der Waals surface area (Å²) in [5.41, 5.74) is 2.18. The third-order valence-corrected chi connectivity index (χ3v) is 4.96. The summed E-state index contributed by atoms with van der Waals surface area (Å²) in [6.45, 7) is 1.81. The Bertz CT molecular complexity index is 645. The largest absolute Gasteiger partial charge is 0.376 e. The van der Waals surface area contributed by atoms with Gasteiger partial charge in [0, 0.05) is 11.4 Å². The maximum absolute atomic E-state index is 12.6. The molecule has 1 heterocycles. The lowest BCUT2D eigenvalue weighted by Gasteiger charge is -2.22. The van der Waals surface area contributed by atoms with Crippen LogP contribution in [0.25, 0.3) is 0 Å². The van der Waals surface area contributed by atoms with Gasteiger partial charge in [-0.1, -0.05) is 42.5 Å². The van der Waals surface area contributed by atoms with Gasteiger partial charge in [-0.05, 0) is 29.9 Å². The fourth-order valence-electron chi connectivity index (χ4n) is 2.65. The van der Waals surface area contributed by atoms with Gasteiger partial charge >= 0.3 is 0 Å². The lowest BCUT2D eigenvalue weighted by molar-refractivity contribution is -0.119. The Labute approximate surface area is 141 Å². The molecule has 120 valence electrons. The average Bonchev–Trinajstić information content (AvgIpc) is 2.82. The number of amides is 1. The number of anilines is 1. The first-order valence-electron chi connectivity index (χ1n) is 7.98. The van der Waals surface area contributed by atoms with Gasteiger partial charge in [0.2, 0.25) is 5.91 Å². The molecule has 0 atom stereocenters. The summed E-state index contributed by atoms with van der Waals surface area (Å²) in [6.07, 6.45) is 1.45. The summed E-state index contributed by atoms with van der Waals surface area (Å²) in [5, 5.41) is 0. The van der Waals surface area contributed by atoms with Gasteiger partial charge in [0.05, 0.1) is 25.3 Å². The van der Waals surface area contributed by atoms with Crippen molar-refractivity contribution in [1.82, 2.24) is 0 Å². The molecule has 2 aromatic rings. The number of thioether (sulfide) groups is 1. The van der Waals surface area contributed by atoms with Gasteiger partial charge in [0.1, 0.15) is 0 Å². The van der Waals surface area contributed by atoms with Crippen LogP contribution in [0.1, 0.15) is 18.4 Å². The van der Waals surface area contributed by atoms with Crippen LogP contribution in [0.5, 0.6) is 0 Å². The first-order valence-corrected chi connectivity index (χ1v) is 8.97. The molecule has 0 N–H and O–H groups in total. The smallest absolute Gasteiger partial charge is 0.229 e. The molecule has 23 heavy (non-hydrogen) atoms. The molecular weight excluding hydrogens is 306 g/mol. The van der Waals surface area contributed by atoms with Gasteiger partial charge in [-0.3, -0.25) is 4.79 Å². The number of benzene rings is 2. The van der Waals surface area contributed by atoms with Gasteiger partial charge in [-0.25, -0.2) is 0 Å². The molecule has 3 nitrogen and oxygen atoms in total. The highest BCUT2D eigenvalue weighted by Crippen LogP contribution is 2.33. The predicted molar refractivity (Wildman–Crippen MR) is 94.9 cm³/mol. The van der Waals surface area contributed by atoms with E-state index in [1.165, 1.54) is 4.90 Å². The van der Waals surface area contributed by atoms with E-state index in [1.54, 1.807) is 0 Å². The van der Waals surface area contributed by atoms with Crippen molar-refractivity contribution in [2.45, 2.75) is 24.3 Å². The van der Waals surface area contributed by atoms with Crippen LogP contribution >= 0.6 is 11.8 Å². The van der Waals surface area contributed by atoms with Crippen LogP contribution in [0.2, 0.25) is 0 Å². The monoisotopic (exact) mass is 327 g/mol. The minimum atomic E-state index is 0.146. The Hall–Kier alpha value is -1.78. The summed E-state index contributed by atoms with van der Waals surface area (Å²) < 4.78 is 5.65. The number of rotatable bonds is 5. The molecule has 0 spiro atoms. The zero-order chi connectivity index (χ0) is 15.9. The second kappa shape index (κ2) is 8.18. The maximum Gasteiger partial charge on any atom is 0.229 e. The summed E-state index contributed by atoms with van der Waals surface area (Å²) in [7, 11) is 0. The first-order chi connectivity index (χ1) is 11.3. The zero-order valence-electron chi connectivity index (χ0n) is 13.1. The molecular formula is C19H21NO2S. The Morgan fingerprint density at radius 1 is 1.09 bits per heavy atom. The fraction of sp³-hybridized carbons (Fsp3) is 0.316. The standard InChI is InChI=1S/C19H21NO2S/c21-19(11-13-22-15-16-7-2-1-3-8-16)20-12-6-14-23-18-10-5-4-9-17(18)20/h1-5,7-10H,6,11-15H2. The summed E-state index contributed by atoms with van der Waals surface area (Å²) in [5.74, 6) is 1.21. The number of carbonyl (C=O) groups excluding carboxylic acids is 1. The molecule has 0 radical (unpaired) electrons. The highest BCUT2D eigenvalue weighted by atomic mass is 32.2. The van der Waals surface area contributed by atoms with E-state index in [1.807, 2.05) is 65.2 Å². The number of fused-ring (bicyclic) bond motifs is 1. The molecule has 4 heteroatoms. The lowest BCUT2D eigenvalue weighted by atomic mass is 10.2. The molecule has 0 saturated heterocycles. The van der Waals surface area contributed by atoms with Crippen LogP contribution < -0.4 is 4.90 Å². The Balaban J connectivity index is 1.54. The van der Waals surface area contributed by atoms with Crippen molar-refractivity contribution in [1.29, 1.82) is 0 Å². The molecule has 1 aliphatic heterocycles. The first kappa shape index (κ1) is 16.1. The minimum absolute atomic E-state index is 0.146. The third kappa shape index (κ3) is 4.36. The van der Waals surface area contributed by atoms with E-state index >= 15 is 0 Å². The molecule has 0 fully saturated rings. The van der Waals surface area contributed by atoms with Crippen LogP contribution in [-0.2, 0) is 16.1 Å². The highest BCUT2D eigenvalue weighted by molar-refractivity contribution is 7.99. The van der Waals surface area contributed by atoms with Crippen LogP contribution in [0, 0.1) is 0 Å². The van der Waals surface area contributed by atoms with Gasteiger partial charge in [0.25, 0.3) is 0 Å². The molecule has 0 bridgehead atoms. The van der Waals surface area contributed by atoms with E-state index in [4.69, 9.17) is 4.74 Å². The SMILES string of the molecule is O=C(CCOCc1ccccc1)N1CCCSc2ccccc21. The van der Waals surface area contributed by atoms with Gasteiger partial charge in [0.15, 0.2) is 0 Å². The summed E-state index contributed by atoms with van der Waals surface area (Å²) in [4.78, 5) is 15.7. The van der Waals surface area contributed by atoms with Crippen molar-refractivity contribution in [2.75, 3.05) is 23.8 Å². The predicted octanol–water partition coefficient (Wildman–Crippen LogP) is 4.12. The molecule has 3 rings (SSSR count). The molecule has 2 aromatic carbocycles. The molecule has 1 amide bonds. The Morgan fingerprint density at radius 2 is 1.87 bits per heavy atom. The maximum atomic E-state index is 12.6. The van der Waals surface area contributed by atoms with E-state index in [0.717, 1.165) is 30.0 Å². The zero-order valence-corrected chi connectivity index (χ0v) is 13.9. The van der Waals surface area contributed by atoms with E-state index < -0.39 is 0 Å². The lowest BCUT2D eigenvalue weighted by Crippen LogP contribution is -2.32. The van der Waals surface area contributed by atoms with Crippen LogP contribution in [0.4, 0.5) is 5.69 Å². The Kier molecular flexibility index (Phi) is 5.72. The van der Waals surface area contributed by atoms with Gasteiger partial charge in [-0.15, -0.1) is 11.8 Å². The summed E-state index contributed by atoms with van der Waals surface area (Å²) >= 11 is 1.83. The number of nitrogens with zero attached hydrogens (tertiary/aromatic N) is 1. The molecule has 0 aromatic heterocycles. The van der Waals surface area contributed by atoms with Crippen molar-refractivity contribution in [2.24, 2.45) is 0 Å². The van der Waals surface area contributed by atoms with E-state index in [-0.39, 0.29) is 5.91 Å². The van der Waals surface area contributed by atoms with Gasteiger partial charge < -0.3 is 9.64 Å². The molecule has 0 saturated carbocycles. The van der Waals surface area contributed by atoms with Crippen LogP contribution in [0.15, 0.2) is 59.5 Å². The normalized spacial score (nSPS) is 14.2. The Morgan fingerprint density at radius 3 is 2.74 bits per heavy atom. The second-order valence-corrected chi connectivity index (χ2v) is 6.64. The second-order valence-electron chi connectivity index (χ2n) is 5.50. The average molecular weight is 327 g/mol. The third-order valence-electron chi connectivity index (χ3n) is 3.81.